The van der Waals surface area contributed by atoms with E-state index >= 15 is 0 Å². The largest absolute Gasteiger partial charge is 0.301 e. The fourth-order valence-electron chi connectivity index (χ4n) is 6.62. The molecule has 3 aromatic rings. The highest BCUT2D eigenvalue weighted by molar-refractivity contribution is 5.63. The van der Waals surface area contributed by atoms with Gasteiger partial charge in [-0.3, -0.25) is 0 Å². The number of hydrogen-bond donors (Lipinski definition) is 0. The number of aromatic nitrogens is 3. The molecule has 0 aliphatic heterocycles. The SMILES string of the molecule is c1ccc(-c2nnc(-c3ccccc3)n2C23CC4CC(CC(C4)C2)C3)cc1. The van der Waals surface area contributed by atoms with Gasteiger partial charge in [-0.1, -0.05) is 60.7 Å². The van der Waals surface area contributed by atoms with Gasteiger partial charge in [0.2, 0.25) is 0 Å². The van der Waals surface area contributed by atoms with Crippen LogP contribution in [0.1, 0.15) is 38.5 Å². The summed E-state index contributed by atoms with van der Waals surface area (Å²) in [5.74, 6) is 4.79. The Bertz CT molecular complexity index is 866. The second kappa shape index (κ2) is 5.79. The van der Waals surface area contributed by atoms with E-state index in [0.29, 0.717) is 0 Å². The molecule has 4 aliphatic carbocycles. The lowest BCUT2D eigenvalue weighted by atomic mass is 9.53. The summed E-state index contributed by atoms with van der Waals surface area (Å²) < 4.78 is 2.56. The highest BCUT2D eigenvalue weighted by atomic mass is 15.3. The summed E-state index contributed by atoms with van der Waals surface area (Å²) >= 11 is 0. The standard InChI is InChI=1S/C24H25N3/c1-3-7-20(8-4-1)22-25-26-23(21-9-5-2-6-10-21)27(22)24-14-17-11-18(15-24)13-19(12-17)16-24/h1-10,17-19H,11-16H2. The van der Waals surface area contributed by atoms with E-state index in [-0.39, 0.29) is 5.54 Å². The van der Waals surface area contributed by atoms with E-state index in [2.05, 4.69) is 65.2 Å². The summed E-state index contributed by atoms with van der Waals surface area (Å²) in [6.45, 7) is 0. The third kappa shape index (κ3) is 2.40. The molecule has 4 saturated carbocycles. The minimum absolute atomic E-state index is 0.203. The Morgan fingerprint density at radius 3 is 1.44 bits per heavy atom. The van der Waals surface area contributed by atoms with Crippen molar-refractivity contribution in [2.75, 3.05) is 0 Å². The summed E-state index contributed by atoms with van der Waals surface area (Å²) in [5, 5.41) is 9.47. The number of hydrogen-bond acceptors (Lipinski definition) is 2. The van der Waals surface area contributed by atoms with Crippen LogP contribution < -0.4 is 0 Å². The third-order valence-corrected chi connectivity index (χ3v) is 7.21. The average molecular weight is 355 g/mol. The van der Waals surface area contributed by atoms with E-state index in [1.807, 2.05) is 0 Å². The van der Waals surface area contributed by atoms with Crippen LogP contribution in [0.5, 0.6) is 0 Å². The van der Waals surface area contributed by atoms with E-state index in [0.717, 1.165) is 29.4 Å². The quantitative estimate of drug-likeness (QED) is 0.618. The molecule has 136 valence electrons. The van der Waals surface area contributed by atoms with E-state index in [9.17, 15) is 0 Å². The molecule has 3 nitrogen and oxygen atoms in total. The zero-order valence-electron chi connectivity index (χ0n) is 15.6. The van der Waals surface area contributed by atoms with Crippen molar-refractivity contribution in [1.82, 2.24) is 14.8 Å². The van der Waals surface area contributed by atoms with Crippen LogP contribution in [0.2, 0.25) is 0 Å². The lowest BCUT2D eigenvalue weighted by molar-refractivity contribution is -0.0415. The molecule has 0 amide bonds. The van der Waals surface area contributed by atoms with Crippen molar-refractivity contribution in [1.29, 1.82) is 0 Å². The molecule has 4 bridgehead atoms. The average Bonchev–Trinajstić information content (AvgIpc) is 3.14. The molecular weight excluding hydrogens is 330 g/mol. The van der Waals surface area contributed by atoms with Gasteiger partial charge in [0.05, 0.1) is 0 Å². The van der Waals surface area contributed by atoms with Gasteiger partial charge < -0.3 is 4.57 Å². The molecule has 3 heteroatoms. The molecule has 0 saturated heterocycles. The molecule has 2 aromatic carbocycles. The van der Waals surface area contributed by atoms with Crippen LogP contribution >= 0.6 is 0 Å². The van der Waals surface area contributed by atoms with Crippen LogP contribution in [0.15, 0.2) is 60.7 Å². The Hall–Kier alpha value is -2.42. The van der Waals surface area contributed by atoms with Gasteiger partial charge in [-0.15, -0.1) is 10.2 Å². The Kier molecular flexibility index (Phi) is 3.35. The van der Waals surface area contributed by atoms with E-state index in [1.165, 1.54) is 49.7 Å². The Balaban J connectivity index is 1.57. The molecular formula is C24H25N3. The van der Waals surface area contributed by atoms with Gasteiger partial charge in [-0.2, -0.15) is 0 Å². The van der Waals surface area contributed by atoms with Gasteiger partial charge in [0.1, 0.15) is 0 Å². The zero-order chi connectivity index (χ0) is 17.8. The van der Waals surface area contributed by atoms with Crippen molar-refractivity contribution >= 4 is 0 Å². The predicted molar refractivity (Wildman–Crippen MR) is 107 cm³/mol. The molecule has 7 rings (SSSR count). The van der Waals surface area contributed by atoms with Crippen molar-refractivity contribution in [3.8, 4) is 22.8 Å². The topological polar surface area (TPSA) is 30.7 Å². The molecule has 0 unspecified atom stereocenters. The van der Waals surface area contributed by atoms with Crippen molar-refractivity contribution in [3.63, 3.8) is 0 Å². The van der Waals surface area contributed by atoms with Crippen molar-refractivity contribution in [2.24, 2.45) is 17.8 Å². The highest BCUT2D eigenvalue weighted by Crippen LogP contribution is 2.60. The summed E-state index contributed by atoms with van der Waals surface area (Å²) in [4.78, 5) is 0. The first-order valence-corrected chi connectivity index (χ1v) is 10.4. The minimum atomic E-state index is 0.203. The van der Waals surface area contributed by atoms with Crippen LogP contribution in [-0.4, -0.2) is 14.8 Å². The number of benzene rings is 2. The summed E-state index contributed by atoms with van der Waals surface area (Å²) in [5.41, 5.74) is 2.57. The molecule has 4 aliphatic rings. The number of rotatable bonds is 3. The Morgan fingerprint density at radius 2 is 1.04 bits per heavy atom. The normalized spacial score (nSPS) is 31.3. The lowest BCUT2D eigenvalue weighted by Crippen LogP contribution is -2.52. The predicted octanol–water partition coefficient (Wildman–Crippen LogP) is 5.54. The van der Waals surface area contributed by atoms with Crippen LogP contribution in [0.3, 0.4) is 0 Å². The molecule has 0 spiro atoms. The van der Waals surface area contributed by atoms with Gasteiger partial charge in [-0.05, 0) is 56.3 Å². The molecule has 4 fully saturated rings. The maximum Gasteiger partial charge on any atom is 0.164 e. The first kappa shape index (κ1) is 15.6. The van der Waals surface area contributed by atoms with Gasteiger partial charge in [0.15, 0.2) is 11.6 Å². The summed E-state index contributed by atoms with van der Waals surface area (Å²) in [6, 6.07) is 21.3. The maximum atomic E-state index is 4.73. The van der Waals surface area contributed by atoms with Gasteiger partial charge in [0.25, 0.3) is 0 Å². The molecule has 0 radical (unpaired) electrons. The Morgan fingerprint density at radius 1 is 0.630 bits per heavy atom. The second-order valence-electron chi connectivity index (χ2n) is 9.06. The summed E-state index contributed by atoms with van der Waals surface area (Å²) in [7, 11) is 0. The number of nitrogens with zero attached hydrogens (tertiary/aromatic N) is 3. The first-order chi connectivity index (χ1) is 13.3. The highest BCUT2D eigenvalue weighted by Gasteiger charge is 2.53. The minimum Gasteiger partial charge on any atom is -0.301 e. The molecule has 1 heterocycles. The van der Waals surface area contributed by atoms with E-state index < -0.39 is 0 Å². The smallest absolute Gasteiger partial charge is 0.164 e. The van der Waals surface area contributed by atoms with E-state index in [4.69, 9.17) is 10.2 Å². The first-order valence-electron chi connectivity index (χ1n) is 10.4. The van der Waals surface area contributed by atoms with Crippen molar-refractivity contribution < 1.29 is 0 Å². The van der Waals surface area contributed by atoms with Crippen LogP contribution in [0.4, 0.5) is 0 Å². The summed E-state index contributed by atoms with van der Waals surface area (Å²) in [6.07, 6.45) is 8.25. The van der Waals surface area contributed by atoms with Crippen LogP contribution in [-0.2, 0) is 5.54 Å². The van der Waals surface area contributed by atoms with Crippen molar-refractivity contribution in [2.45, 2.75) is 44.1 Å². The van der Waals surface area contributed by atoms with Crippen LogP contribution in [0.25, 0.3) is 22.8 Å². The van der Waals surface area contributed by atoms with Crippen LogP contribution in [0, 0.1) is 17.8 Å². The van der Waals surface area contributed by atoms with Gasteiger partial charge in [0, 0.05) is 16.7 Å². The fraction of sp³-hybridized carbons (Fsp3) is 0.417. The second-order valence-corrected chi connectivity index (χ2v) is 9.06. The molecule has 1 aromatic heterocycles. The molecule has 0 N–H and O–H groups in total. The third-order valence-electron chi connectivity index (χ3n) is 7.21. The zero-order valence-corrected chi connectivity index (χ0v) is 15.6. The van der Waals surface area contributed by atoms with Gasteiger partial charge >= 0.3 is 0 Å². The Labute approximate surface area is 160 Å². The lowest BCUT2D eigenvalue weighted by Gasteiger charge is -2.57. The van der Waals surface area contributed by atoms with E-state index in [1.54, 1.807) is 0 Å². The molecule has 27 heavy (non-hydrogen) atoms. The fourth-order valence-corrected chi connectivity index (χ4v) is 6.62. The maximum absolute atomic E-state index is 4.73. The molecule has 0 atom stereocenters. The monoisotopic (exact) mass is 355 g/mol. The van der Waals surface area contributed by atoms with Crippen molar-refractivity contribution in [3.05, 3.63) is 60.7 Å². The van der Waals surface area contributed by atoms with Gasteiger partial charge in [-0.25, -0.2) is 0 Å².